The van der Waals surface area contributed by atoms with Gasteiger partial charge >= 0.3 is 6.09 Å². The maximum Gasteiger partial charge on any atom is 0.428 e. The first-order valence-corrected chi connectivity index (χ1v) is 6.80. The predicted octanol–water partition coefficient (Wildman–Crippen LogP) is 2.29. The number of rotatable bonds is 4. The van der Waals surface area contributed by atoms with E-state index in [-0.39, 0.29) is 11.2 Å². The molecule has 0 aliphatic carbocycles. The molecule has 0 fully saturated rings. The fourth-order valence-electron chi connectivity index (χ4n) is 1.41. The number of methoxy groups -OCH3 is 1. The molecular formula is C13H18N2O3S. The Morgan fingerprint density at radius 1 is 1.37 bits per heavy atom. The quantitative estimate of drug-likeness (QED) is 0.680. The van der Waals surface area contributed by atoms with E-state index in [0.29, 0.717) is 6.42 Å². The molecule has 5 nitrogen and oxygen atoms in total. The summed E-state index contributed by atoms with van der Waals surface area (Å²) < 4.78 is 4.51. The molecule has 1 aromatic rings. The maximum atomic E-state index is 12.0. The van der Waals surface area contributed by atoms with Crippen molar-refractivity contribution in [3.8, 4) is 0 Å². The molecule has 0 heterocycles. The molecular weight excluding hydrogens is 264 g/mol. The number of amides is 2. The number of carbonyl (C=O) groups is 2. The molecule has 1 aromatic carbocycles. The van der Waals surface area contributed by atoms with Crippen molar-refractivity contribution >= 4 is 23.8 Å². The van der Waals surface area contributed by atoms with Crippen molar-refractivity contribution in [1.29, 1.82) is 0 Å². The summed E-state index contributed by atoms with van der Waals surface area (Å²) in [7, 11) is 2.71. The van der Waals surface area contributed by atoms with Gasteiger partial charge in [0.15, 0.2) is 0 Å². The first-order valence-electron chi connectivity index (χ1n) is 5.92. The Bertz CT molecular complexity index is 425. The standard InChI is InChI=1S/C13H18N2O3S/c1-4-11(19-10-8-6-5-7-9-10)12(16)14-15(2)13(17)18-3/h5-9,11H,4H2,1-3H3,(H,14,16). The van der Waals surface area contributed by atoms with Crippen molar-refractivity contribution in [3.63, 3.8) is 0 Å². The molecule has 0 spiro atoms. The average Bonchev–Trinajstić information content (AvgIpc) is 2.44. The van der Waals surface area contributed by atoms with Crippen LogP contribution in [0.25, 0.3) is 0 Å². The molecule has 6 heteroatoms. The monoisotopic (exact) mass is 282 g/mol. The van der Waals surface area contributed by atoms with Gasteiger partial charge in [0, 0.05) is 11.9 Å². The van der Waals surface area contributed by atoms with Crippen molar-refractivity contribution in [3.05, 3.63) is 30.3 Å². The molecule has 0 aromatic heterocycles. The zero-order chi connectivity index (χ0) is 14.3. The predicted molar refractivity (Wildman–Crippen MR) is 74.7 cm³/mol. The highest BCUT2D eigenvalue weighted by Gasteiger charge is 2.20. The zero-order valence-corrected chi connectivity index (χ0v) is 12.1. The van der Waals surface area contributed by atoms with Gasteiger partial charge in [0.25, 0.3) is 5.91 Å². The minimum Gasteiger partial charge on any atom is -0.452 e. The second kappa shape index (κ2) is 7.68. The van der Waals surface area contributed by atoms with E-state index in [0.717, 1.165) is 9.90 Å². The summed E-state index contributed by atoms with van der Waals surface area (Å²) >= 11 is 1.47. The van der Waals surface area contributed by atoms with Crippen LogP contribution in [0.15, 0.2) is 35.2 Å². The SMILES string of the molecule is CCC(Sc1ccccc1)C(=O)NN(C)C(=O)OC. The topological polar surface area (TPSA) is 58.6 Å². The largest absolute Gasteiger partial charge is 0.452 e. The lowest BCUT2D eigenvalue weighted by molar-refractivity contribution is -0.124. The Morgan fingerprint density at radius 3 is 2.53 bits per heavy atom. The van der Waals surface area contributed by atoms with E-state index in [1.807, 2.05) is 37.3 Å². The Morgan fingerprint density at radius 2 is 2.00 bits per heavy atom. The molecule has 0 aliphatic heterocycles. The van der Waals surface area contributed by atoms with E-state index < -0.39 is 6.09 Å². The fourth-order valence-corrected chi connectivity index (χ4v) is 2.37. The summed E-state index contributed by atoms with van der Waals surface area (Å²) in [5.74, 6) is -0.218. The molecule has 0 radical (unpaired) electrons. The number of thioether (sulfide) groups is 1. The first kappa shape index (κ1) is 15.4. The maximum absolute atomic E-state index is 12.0. The normalized spacial score (nSPS) is 11.5. The van der Waals surface area contributed by atoms with E-state index >= 15 is 0 Å². The van der Waals surface area contributed by atoms with Gasteiger partial charge in [-0.05, 0) is 18.6 Å². The van der Waals surface area contributed by atoms with Gasteiger partial charge in [-0.25, -0.2) is 9.80 Å². The summed E-state index contributed by atoms with van der Waals surface area (Å²) in [6.07, 6.45) is 0.0633. The average molecular weight is 282 g/mol. The number of carbonyl (C=O) groups excluding carboxylic acids is 2. The van der Waals surface area contributed by atoms with Gasteiger partial charge in [-0.1, -0.05) is 25.1 Å². The van der Waals surface area contributed by atoms with Crippen molar-refractivity contribution in [2.75, 3.05) is 14.2 Å². The van der Waals surface area contributed by atoms with E-state index in [4.69, 9.17) is 0 Å². The lowest BCUT2D eigenvalue weighted by Crippen LogP contribution is -2.46. The summed E-state index contributed by atoms with van der Waals surface area (Å²) in [5.41, 5.74) is 2.50. The molecule has 0 aliphatic rings. The summed E-state index contributed by atoms with van der Waals surface area (Å²) in [5, 5.41) is 0.783. The highest BCUT2D eigenvalue weighted by atomic mass is 32.2. The highest BCUT2D eigenvalue weighted by molar-refractivity contribution is 8.00. The first-order chi connectivity index (χ1) is 9.08. The Hall–Kier alpha value is -1.69. The van der Waals surface area contributed by atoms with Crippen LogP contribution in [0.3, 0.4) is 0 Å². The Labute approximate surface area is 117 Å². The molecule has 1 atom stereocenters. The molecule has 19 heavy (non-hydrogen) atoms. The molecule has 104 valence electrons. The number of ether oxygens (including phenoxy) is 1. The van der Waals surface area contributed by atoms with Crippen LogP contribution in [-0.2, 0) is 9.53 Å². The Balaban J connectivity index is 2.60. The molecule has 0 saturated heterocycles. The number of nitrogens with one attached hydrogen (secondary N) is 1. The van der Waals surface area contributed by atoms with Gasteiger partial charge < -0.3 is 4.74 Å². The number of hydrogen-bond donors (Lipinski definition) is 1. The van der Waals surface area contributed by atoms with Crippen LogP contribution < -0.4 is 5.43 Å². The van der Waals surface area contributed by atoms with Crippen molar-refractivity contribution in [2.45, 2.75) is 23.5 Å². The van der Waals surface area contributed by atoms with E-state index in [1.54, 1.807) is 0 Å². The molecule has 2 amide bonds. The minimum absolute atomic E-state index is 0.218. The molecule has 0 bridgehead atoms. The summed E-state index contributed by atoms with van der Waals surface area (Å²) in [6.45, 7) is 1.93. The second-order valence-electron chi connectivity index (χ2n) is 3.83. The van der Waals surface area contributed by atoms with Gasteiger partial charge in [-0.15, -0.1) is 11.8 Å². The third kappa shape index (κ3) is 4.82. The Kier molecular flexibility index (Phi) is 6.21. The van der Waals surface area contributed by atoms with Crippen molar-refractivity contribution in [1.82, 2.24) is 10.4 Å². The third-order valence-electron chi connectivity index (χ3n) is 2.41. The van der Waals surface area contributed by atoms with Gasteiger partial charge in [0.1, 0.15) is 0 Å². The van der Waals surface area contributed by atoms with Crippen LogP contribution >= 0.6 is 11.8 Å². The number of nitrogens with zero attached hydrogens (tertiary/aromatic N) is 1. The van der Waals surface area contributed by atoms with Crippen LogP contribution in [-0.4, -0.2) is 36.4 Å². The van der Waals surface area contributed by atoms with Gasteiger partial charge in [0.2, 0.25) is 0 Å². The fraction of sp³-hybridized carbons (Fsp3) is 0.385. The van der Waals surface area contributed by atoms with Crippen LogP contribution in [0.4, 0.5) is 4.79 Å². The number of hydrazine groups is 1. The number of benzene rings is 1. The summed E-state index contributed by atoms with van der Waals surface area (Å²) in [6, 6.07) is 9.67. The van der Waals surface area contributed by atoms with Gasteiger partial charge in [0.05, 0.1) is 12.4 Å². The summed E-state index contributed by atoms with van der Waals surface area (Å²) in [4.78, 5) is 24.2. The van der Waals surface area contributed by atoms with E-state index in [1.165, 1.54) is 25.9 Å². The molecule has 1 N–H and O–H groups in total. The minimum atomic E-state index is -0.604. The third-order valence-corrected chi connectivity index (χ3v) is 3.79. The van der Waals surface area contributed by atoms with Gasteiger partial charge in [-0.2, -0.15) is 0 Å². The van der Waals surface area contributed by atoms with Crippen LogP contribution in [0, 0.1) is 0 Å². The lowest BCUT2D eigenvalue weighted by atomic mass is 10.3. The van der Waals surface area contributed by atoms with E-state index in [9.17, 15) is 9.59 Å². The van der Waals surface area contributed by atoms with Crippen molar-refractivity contribution < 1.29 is 14.3 Å². The molecule has 0 saturated carbocycles. The number of hydrogen-bond acceptors (Lipinski definition) is 4. The van der Waals surface area contributed by atoms with Crippen LogP contribution in [0.2, 0.25) is 0 Å². The van der Waals surface area contributed by atoms with Crippen LogP contribution in [0.1, 0.15) is 13.3 Å². The van der Waals surface area contributed by atoms with Crippen LogP contribution in [0.5, 0.6) is 0 Å². The molecule has 1 rings (SSSR count). The second-order valence-corrected chi connectivity index (χ2v) is 5.11. The zero-order valence-electron chi connectivity index (χ0n) is 11.3. The molecule has 1 unspecified atom stereocenters. The van der Waals surface area contributed by atoms with Crippen molar-refractivity contribution in [2.24, 2.45) is 0 Å². The lowest BCUT2D eigenvalue weighted by Gasteiger charge is -2.20. The smallest absolute Gasteiger partial charge is 0.428 e. The van der Waals surface area contributed by atoms with E-state index in [2.05, 4.69) is 10.2 Å². The van der Waals surface area contributed by atoms with Gasteiger partial charge in [-0.3, -0.25) is 10.2 Å². The highest BCUT2D eigenvalue weighted by Crippen LogP contribution is 2.25.